The number of ether oxygens (including phenoxy) is 1. The van der Waals surface area contributed by atoms with Crippen molar-refractivity contribution in [1.29, 1.82) is 0 Å². The molecular weight excluding hydrogens is 222 g/mol. The predicted molar refractivity (Wildman–Crippen MR) is 48.7 cm³/mol. The predicted octanol–water partition coefficient (Wildman–Crippen LogP) is 0.494. The van der Waals surface area contributed by atoms with E-state index in [0.717, 1.165) is 0 Å². The molecule has 0 bridgehead atoms. The molecular formula is C8H8F2N4O2. The van der Waals surface area contributed by atoms with E-state index in [1.54, 1.807) is 0 Å². The molecule has 0 amide bonds. The van der Waals surface area contributed by atoms with Crippen LogP contribution in [0, 0.1) is 0 Å². The maximum atomic E-state index is 11.6. The maximum absolute atomic E-state index is 11.6. The Morgan fingerprint density at radius 2 is 2.19 bits per heavy atom. The number of aromatic nitrogens is 4. The first-order chi connectivity index (χ1) is 7.77. The number of rotatable bonds is 5. The van der Waals surface area contributed by atoms with Gasteiger partial charge in [-0.05, 0) is 0 Å². The summed E-state index contributed by atoms with van der Waals surface area (Å²) >= 11 is 0. The van der Waals surface area contributed by atoms with E-state index in [4.69, 9.17) is 4.84 Å². The van der Waals surface area contributed by atoms with Crippen LogP contribution in [0.5, 0.6) is 0 Å². The van der Waals surface area contributed by atoms with Gasteiger partial charge in [0, 0.05) is 0 Å². The van der Waals surface area contributed by atoms with Gasteiger partial charge >= 0.3 is 6.61 Å². The number of alkyl halides is 2. The number of fused-ring (bicyclic) bond motifs is 1. The third kappa shape index (κ3) is 2.40. The van der Waals surface area contributed by atoms with Gasteiger partial charge in [-0.1, -0.05) is 0 Å². The van der Waals surface area contributed by atoms with Crippen molar-refractivity contribution in [2.75, 3.05) is 13.2 Å². The molecule has 0 aliphatic rings. The second kappa shape index (κ2) is 4.79. The Morgan fingerprint density at radius 1 is 1.31 bits per heavy atom. The van der Waals surface area contributed by atoms with Gasteiger partial charge in [0.15, 0.2) is 5.65 Å². The van der Waals surface area contributed by atoms with E-state index in [9.17, 15) is 8.78 Å². The van der Waals surface area contributed by atoms with Crippen LogP contribution < -0.4 is 4.84 Å². The van der Waals surface area contributed by atoms with Crippen LogP contribution in [-0.2, 0) is 4.74 Å². The zero-order chi connectivity index (χ0) is 11.4. The van der Waals surface area contributed by atoms with Crippen LogP contribution in [-0.4, -0.2) is 39.5 Å². The third-order valence-corrected chi connectivity index (χ3v) is 1.74. The Labute approximate surface area is 88.8 Å². The topological polar surface area (TPSA) is 62.1 Å². The van der Waals surface area contributed by atoms with Crippen molar-refractivity contribution in [1.82, 2.24) is 19.7 Å². The van der Waals surface area contributed by atoms with E-state index >= 15 is 0 Å². The van der Waals surface area contributed by atoms with E-state index in [2.05, 4.69) is 19.7 Å². The fourth-order valence-electron chi connectivity index (χ4n) is 1.11. The lowest BCUT2D eigenvalue weighted by Crippen LogP contribution is -2.17. The molecule has 0 atom stereocenters. The quantitative estimate of drug-likeness (QED) is 0.699. The van der Waals surface area contributed by atoms with E-state index in [1.165, 1.54) is 23.6 Å². The number of halogens is 2. The molecule has 86 valence electrons. The summed E-state index contributed by atoms with van der Waals surface area (Å²) in [5, 5.41) is 0. The molecule has 16 heavy (non-hydrogen) atoms. The van der Waals surface area contributed by atoms with Crippen LogP contribution in [0.15, 0.2) is 18.9 Å². The van der Waals surface area contributed by atoms with Crippen molar-refractivity contribution in [3.8, 4) is 0 Å². The van der Waals surface area contributed by atoms with E-state index < -0.39 is 6.61 Å². The molecule has 0 saturated heterocycles. The Morgan fingerprint density at radius 3 is 3.00 bits per heavy atom. The van der Waals surface area contributed by atoms with E-state index in [0.29, 0.717) is 11.2 Å². The Bertz CT molecular complexity index is 462. The maximum Gasteiger partial charge on any atom is 0.345 e. The van der Waals surface area contributed by atoms with Gasteiger partial charge in [-0.2, -0.15) is 13.5 Å². The van der Waals surface area contributed by atoms with Crippen LogP contribution in [0.4, 0.5) is 8.78 Å². The van der Waals surface area contributed by atoms with Crippen molar-refractivity contribution in [3.63, 3.8) is 0 Å². The van der Waals surface area contributed by atoms with Crippen LogP contribution in [0.3, 0.4) is 0 Å². The molecule has 0 unspecified atom stereocenters. The average molecular weight is 230 g/mol. The minimum absolute atomic E-state index is 0.0141. The molecule has 0 N–H and O–H groups in total. The monoisotopic (exact) mass is 230 g/mol. The lowest BCUT2D eigenvalue weighted by atomic mass is 10.6. The lowest BCUT2D eigenvalue weighted by molar-refractivity contribution is -0.139. The molecule has 0 aromatic carbocycles. The van der Waals surface area contributed by atoms with Crippen molar-refractivity contribution in [3.05, 3.63) is 18.9 Å². The SMILES string of the molecule is FC(F)OCCOn1cnc2cncnc21. The van der Waals surface area contributed by atoms with Gasteiger partial charge in [-0.3, -0.25) is 0 Å². The molecule has 0 spiro atoms. The Kier molecular flexibility index (Phi) is 3.20. The molecule has 2 rings (SSSR count). The zero-order valence-corrected chi connectivity index (χ0v) is 8.08. The van der Waals surface area contributed by atoms with Gasteiger partial charge in [0.25, 0.3) is 0 Å². The molecule has 0 saturated carbocycles. The van der Waals surface area contributed by atoms with E-state index in [-0.39, 0.29) is 13.2 Å². The Balaban J connectivity index is 1.94. The van der Waals surface area contributed by atoms with Gasteiger partial charge < -0.3 is 9.57 Å². The van der Waals surface area contributed by atoms with Crippen molar-refractivity contribution in [2.45, 2.75) is 6.61 Å². The second-order valence-electron chi connectivity index (χ2n) is 2.77. The van der Waals surface area contributed by atoms with Crippen LogP contribution in [0.25, 0.3) is 11.2 Å². The standard InChI is InChI=1S/C8H8F2N4O2/c9-8(10)15-1-2-16-14-5-13-6-3-11-4-12-7(6)14/h3-5,8H,1-2H2. The van der Waals surface area contributed by atoms with Crippen molar-refractivity contribution < 1.29 is 18.4 Å². The highest BCUT2D eigenvalue weighted by Crippen LogP contribution is 2.04. The first-order valence-corrected chi connectivity index (χ1v) is 4.43. The Hall–Kier alpha value is -1.83. The summed E-state index contributed by atoms with van der Waals surface area (Å²) in [6.45, 7) is -3.01. The van der Waals surface area contributed by atoms with Crippen LogP contribution in [0.1, 0.15) is 0 Å². The largest absolute Gasteiger partial charge is 0.408 e. The first-order valence-electron chi connectivity index (χ1n) is 4.43. The summed E-state index contributed by atoms with van der Waals surface area (Å²) in [5.41, 5.74) is 1.05. The number of hydrogen-bond acceptors (Lipinski definition) is 5. The summed E-state index contributed by atoms with van der Waals surface area (Å²) in [6.07, 6.45) is 4.26. The van der Waals surface area contributed by atoms with Crippen LogP contribution >= 0.6 is 0 Å². The summed E-state index contributed by atoms with van der Waals surface area (Å²) in [6, 6.07) is 0. The number of hydrogen-bond donors (Lipinski definition) is 0. The van der Waals surface area contributed by atoms with Gasteiger partial charge in [0.1, 0.15) is 24.8 Å². The highest BCUT2D eigenvalue weighted by Gasteiger charge is 2.05. The van der Waals surface area contributed by atoms with Gasteiger partial charge in [-0.25, -0.2) is 15.0 Å². The molecule has 6 nitrogen and oxygen atoms in total. The lowest BCUT2D eigenvalue weighted by Gasteiger charge is -2.06. The molecule has 0 aliphatic carbocycles. The first kappa shape index (κ1) is 10.7. The van der Waals surface area contributed by atoms with Crippen molar-refractivity contribution >= 4 is 11.2 Å². The highest BCUT2D eigenvalue weighted by molar-refractivity contribution is 5.68. The number of nitrogens with zero attached hydrogens (tertiary/aromatic N) is 4. The molecule has 2 aromatic heterocycles. The van der Waals surface area contributed by atoms with Gasteiger partial charge in [0.05, 0.1) is 12.8 Å². The summed E-state index contributed by atoms with van der Waals surface area (Å²) < 4.78 is 28.6. The smallest absolute Gasteiger partial charge is 0.345 e. The fourth-order valence-corrected chi connectivity index (χ4v) is 1.11. The molecule has 0 radical (unpaired) electrons. The molecule has 0 fully saturated rings. The summed E-state index contributed by atoms with van der Waals surface area (Å²) in [4.78, 5) is 16.8. The fraction of sp³-hybridized carbons (Fsp3) is 0.375. The molecule has 2 heterocycles. The third-order valence-electron chi connectivity index (χ3n) is 1.74. The molecule has 0 aliphatic heterocycles. The highest BCUT2D eigenvalue weighted by atomic mass is 19.3. The van der Waals surface area contributed by atoms with Gasteiger partial charge in [-0.15, -0.1) is 0 Å². The second-order valence-corrected chi connectivity index (χ2v) is 2.77. The van der Waals surface area contributed by atoms with E-state index in [1.807, 2.05) is 0 Å². The van der Waals surface area contributed by atoms with Gasteiger partial charge in [0.2, 0.25) is 0 Å². The minimum Gasteiger partial charge on any atom is -0.408 e. The minimum atomic E-state index is -2.79. The number of imidazole rings is 1. The summed E-state index contributed by atoms with van der Waals surface area (Å²) in [7, 11) is 0. The molecule has 8 heteroatoms. The summed E-state index contributed by atoms with van der Waals surface area (Å²) in [5.74, 6) is 0. The average Bonchev–Trinajstić information content (AvgIpc) is 2.68. The van der Waals surface area contributed by atoms with Crippen LogP contribution in [0.2, 0.25) is 0 Å². The molecule has 2 aromatic rings. The zero-order valence-electron chi connectivity index (χ0n) is 8.08. The van der Waals surface area contributed by atoms with Crippen molar-refractivity contribution in [2.24, 2.45) is 0 Å². The normalized spacial score (nSPS) is 11.2.